The smallest absolute Gasteiger partial charge is 0.236 e. The van der Waals surface area contributed by atoms with E-state index in [0.717, 1.165) is 22.4 Å². The quantitative estimate of drug-likeness (QED) is 0.871. The summed E-state index contributed by atoms with van der Waals surface area (Å²) < 4.78 is 0.822. The van der Waals surface area contributed by atoms with Crippen LogP contribution in [0.3, 0.4) is 0 Å². The third-order valence-electron chi connectivity index (χ3n) is 3.69. The van der Waals surface area contributed by atoms with Crippen LogP contribution in [-0.2, 0) is 17.8 Å². The van der Waals surface area contributed by atoms with Crippen molar-refractivity contribution in [3.05, 3.63) is 35.4 Å². The first-order chi connectivity index (χ1) is 10.7. The normalized spacial score (nSPS) is 15.3. The van der Waals surface area contributed by atoms with Crippen molar-refractivity contribution >= 4 is 34.1 Å². The average molecular weight is 334 g/mol. The van der Waals surface area contributed by atoms with Crippen LogP contribution in [0.25, 0.3) is 0 Å². The number of carbonyl (C=O) groups excluding carboxylic acids is 1. The molecule has 0 spiro atoms. The average Bonchev–Trinajstić information content (AvgIpc) is 3.01. The number of thioether (sulfide) groups is 1. The number of benzene rings is 1. The van der Waals surface area contributed by atoms with Gasteiger partial charge in [-0.25, -0.2) is 0 Å². The van der Waals surface area contributed by atoms with Crippen LogP contribution in [0.15, 0.2) is 28.6 Å². The van der Waals surface area contributed by atoms with E-state index in [1.165, 1.54) is 34.2 Å². The number of hydrogen-bond acceptors (Lipinski definition) is 6. The Labute approximate surface area is 138 Å². The van der Waals surface area contributed by atoms with Crippen LogP contribution in [0, 0.1) is 0 Å². The number of carbonyl (C=O) groups is 1. The summed E-state index contributed by atoms with van der Waals surface area (Å²) in [5.41, 5.74) is 2.61. The molecule has 22 heavy (non-hydrogen) atoms. The fourth-order valence-electron chi connectivity index (χ4n) is 2.50. The van der Waals surface area contributed by atoms with Gasteiger partial charge in [0.15, 0.2) is 4.34 Å². The molecule has 2 heterocycles. The summed E-state index contributed by atoms with van der Waals surface area (Å²) in [6.07, 6.45) is 0.933. The molecular formula is C15H18N4OS2. The minimum Gasteiger partial charge on any atom is -0.363 e. The van der Waals surface area contributed by atoms with Crippen LogP contribution in [-0.4, -0.2) is 39.8 Å². The maximum absolute atomic E-state index is 12.6. The first kappa shape index (κ1) is 15.3. The largest absolute Gasteiger partial charge is 0.363 e. The zero-order valence-electron chi connectivity index (χ0n) is 12.6. The topological polar surface area (TPSA) is 58.1 Å². The summed E-state index contributed by atoms with van der Waals surface area (Å²) in [4.78, 5) is 14.6. The first-order valence-electron chi connectivity index (χ1n) is 7.21. The summed E-state index contributed by atoms with van der Waals surface area (Å²) >= 11 is 2.95. The van der Waals surface area contributed by atoms with Gasteiger partial charge in [-0.1, -0.05) is 47.4 Å². The third-order valence-corrected chi connectivity index (χ3v) is 5.80. The van der Waals surface area contributed by atoms with Gasteiger partial charge in [0.25, 0.3) is 0 Å². The lowest BCUT2D eigenvalue weighted by Crippen LogP contribution is -2.40. The maximum Gasteiger partial charge on any atom is 0.236 e. The Bertz CT molecular complexity index is 673. The highest BCUT2D eigenvalue weighted by molar-refractivity contribution is 8.02. The SMILES string of the molecule is CNc1nnc(S[C@@H](C)C(=O)N2CCc3ccccc3C2)s1. The predicted molar refractivity (Wildman–Crippen MR) is 90.3 cm³/mol. The number of anilines is 1. The molecule has 3 rings (SSSR count). The molecule has 0 fully saturated rings. The van der Waals surface area contributed by atoms with E-state index in [1.807, 2.05) is 24.9 Å². The van der Waals surface area contributed by atoms with Gasteiger partial charge in [-0.2, -0.15) is 0 Å². The molecule has 116 valence electrons. The molecule has 7 heteroatoms. The zero-order valence-corrected chi connectivity index (χ0v) is 14.2. The Morgan fingerprint density at radius 1 is 1.36 bits per heavy atom. The standard InChI is InChI=1S/C15H18N4OS2/c1-10(21-15-18-17-14(16-2)22-15)13(20)19-8-7-11-5-3-4-6-12(11)9-19/h3-6,10H,7-9H2,1-2H3,(H,16,17)/t10-/m0/s1. The number of nitrogens with zero attached hydrogens (tertiary/aromatic N) is 3. The molecule has 1 N–H and O–H groups in total. The fourth-order valence-corrected chi connectivity index (χ4v) is 4.43. The molecule has 0 saturated heterocycles. The minimum absolute atomic E-state index is 0.150. The number of amides is 1. The molecule has 5 nitrogen and oxygen atoms in total. The molecule has 1 atom stereocenters. The van der Waals surface area contributed by atoms with E-state index in [1.54, 1.807) is 0 Å². The molecule has 0 aliphatic carbocycles. The van der Waals surface area contributed by atoms with E-state index in [4.69, 9.17) is 0 Å². The van der Waals surface area contributed by atoms with E-state index in [9.17, 15) is 4.79 Å². The van der Waals surface area contributed by atoms with E-state index < -0.39 is 0 Å². The van der Waals surface area contributed by atoms with Gasteiger partial charge in [-0.05, 0) is 24.5 Å². The molecule has 0 bridgehead atoms. The summed E-state index contributed by atoms with van der Waals surface area (Å²) in [7, 11) is 1.81. The minimum atomic E-state index is -0.150. The zero-order chi connectivity index (χ0) is 15.5. The van der Waals surface area contributed by atoms with Gasteiger partial charge in [-0.3, -0.25) is 4.79 Å². The van der Waals surface area contributed by atoms with Gasteiger partial charge in [0.1, 0.15) is 0 Å². The van der Waals surface area contributed by atoms with Gasteiger partial charge in [-0.15, -0.1) is 10.2 Å². The van der Waals surface area contributed by atoms with Gasteiger partial charge >= 0.3 is 0 Å². The summed E-state index contributed by atoms with van der Waals surface area (Å²) in [6.45, 7) is 3.43. The van der Waals surface area contributed by atoms with Gasteiger partial charge in [0.05, 0.1) is 5.25 Å². The highest BCUT2D eigenvalue weighted by Gasteiger charge is 2.26. The Balaban J connectivity index is 1.64. The van der Waals surface area contributed by atoms with Crippen molar-refractivity contribution in [1.82, 2.24) is 15.1 Å². The Kier molecular flexibility index (Phi) is 4.63. The molecule has 1 aromatic carbocycles. The number of hydrogen-bond donors (Lipinski definition) is 1. The number of nitrogens with one attached hydrogen (secondary N) is 1. The highest BCUT2D eigenvalue weighted by Crippen LogP contribution is 2.30. The summed E-state index contributed by atoms with van der Waals surface area (Å²) in [5.74, 6) is 0.167. The molecule has 0 radical (unpaired) electrons. The second-order valence-corrected chi connectivity index (χ2v) is 7.73. The Morgan fingerprint density at radius 2 is 2.14 bits per heavy atom. The van der Waals surface area contributed by atoms with Crippen molar-refractivity contribution < 1.29 is 4.79 Å². The van der Waals surface area contributed by atoms with Crippen molar-refractivity contribution in [3.63, 3.8) is 0 Å². The second-order valence-electron chi connectivity index (χ2n) is 5.16. The van der Waals surface area contributed by atoms with E-state index in [2.05, 4.69) is 33.7 Å². The molecule has 0 saturated carbocycles. The molecule has 0 unspecified atom stereocenters. The number of rotatable bonds is 4. The lowest BCUT2D eigenvalue weighted by atomic mass is 10.00. The monoisotopic (exact) mass is 334 g/mol. The lowest BCUT2D eigenvalue weighted by Gasteiger charge is -2.30. The number of fused-ring (bicyclic) bond motifs is 1. The van der Waals surface area contributed by atoms with Crippen molar-refractivity contribution in [3.8, 4) is 0 Å². The van der Waals surface area contributed by atoms with Gasteiger partial charge < -0.3 is 10.2 Å². The second kappa shape index (κ2) is 6.66. The van der Waals surface area contributed by atoms with Crippen molar-refractivity contribution in [2.45, 2.75) is 29.5 Å². The molecular weight excluding hydrogens is 316 g/mol. The van der Waals surface area contributed by atoms with E-state index in [0.29, 0.717) is 6.54 Å². The van der Waals surface area contributed by atoms with Crippen molar-refractivity contribution in [1.29, 1.82) is 0 Å². The Hall–Kier alpha value is -1.60. The van der Waals surface area contributed by atoms with Gasteiger partial charge in [0.2, 0.25) is 11.0 Å². The first-order valence-corrected chi connectivity index (χ1v) is 8.90. The molecule has 2 aromatic rings. The Morgan fingerprint density at radius 3 is 2.86 bits per heavy atom. The van der Waals surface area contributed by atoms with Crippen molar-refractivity contribution in [2.75, 3.05) is 18.9 Å². The van der Waals surface area contributed by atoms with E-state index in [-0.39, 0.29) is 11.2 Å². The fraction of sp³-hybridized carbons (Fsp3) is 0.400. The molecule has 1 aromatic heterocycles. The number of aromatic nitrogens is 2. The summed E-state index contributed by atoms with van der Waals surface area (Å²) in [6, 6.07) is 8.35. The van der Waals surface area contributed by atoms with Crippen LogP contribution in [0.2, 0.25) is 0 Å². The molecule has 1 aliphatic heterocycles. The lowest BCUT2D eigenvalue weighted by molar-refractivity contribution is -0.131. The van der Waals surface area contributed by atoms with Gasteiger partial charge in [0, 0.05) is 20.1 Å². The van der Waals surface area contributed by atoms with E-state index >= 15 is 0 Å². The third kappa shape index (κ3) is 3.25. The van der Waals surface area contributed by atoms with Crippen LogP contribution in [0.4, 0.5) is 5.13 Å². The summed E-state index contributed by atoms with van der Waals surface area (Å²) in [5, 5.41) is 11.7. The predicted octanol–water partition coefficient (Wildman–Crippen LogP) is 2.65. The molecule has 1 amide bonds. The maximum atomic E-state index is 12.6. The van der Waals surface area contributed by atoms with Crippen LogP contribution >= 0.6 is 23.1 Å². The van der Waals surface area contributed by atoms with Crippen LogP contribution in [0.5, 0.6) is 0 Å². The molecule has 1 aliphatic rings. The highest BCUT2D eigenvalue weighted by atomic mass is 32.2. The van der Waals surface area contributed by atoms with Crippen molar-refractivity contribution in [2.24, 2.45) is 0 Å². The van der Waals surface area contributed by atoms with Crippen LogP contribution in [0.1, 0.15) is 18.1 Å². The van der Waals surface area contributed by atoms with Crippen LogP contribution < -0.4 is 5.32 Å².